The summed E-state index contributed by atoms with van der Waals surface area (Å²) in [5, 5.41) is 15.6. The van der Waals surface area contributed by atoms with Crippen LogP contribution in [-0.2, 0) is 4.79 Å². The molecule has 0 spiro atoms. The van der Waals surface area contributed by atoms with Crippen molar-refractivity contribution < 1.29 is 14.6 Å². The number of aliphatic hydroxyl groups excluding tert-OH is 1. The lowest BCUT2D eigenvalue weighted by molar-refractivity contribution is -0.119. The van der Waals surface area contributed by atoms with Gasteiger partial charge in [0.15, 0.2) is 0 Å². The molecule has 0 heterocycles. The molecule has 0 bridgehead atoms. The van der Waals surface area contributed by atoms with E-state index >= 15 is 0 Å². The van der Waals surface area contributed by atoms with Gasteiger partial charge < -0.3 is 15.6 Å². The smallest absolute Gasteiger partial charge is 0.221 e. The largest absolute Gasteiger partial charge is 0.490 e. The Kier molecular flexibility index (Phi) is 7.15. The summed E-state index contributed by atoms with van der Waals surface area (Å²) in [7, 11) is 1.00. The molecule has 3 N–H and O–H groups in total. The van der Waals surface area contributed by atoms with Crippen molar-refractivity contribution >= 4 is 5.91 Å². The Hall–Kier alpha value is -2.06. The number of rotatable bonds is 4. The first-order chi connectivity index (χ1) is 8.11. The van der Waals surface area contributed by atoms with Crippen LogP contribution in [0, 0.1) is 11.3 Å². The molecule has 92 valence electrons. The lowest BCUT2D eigenvalue weighted by atomic mass is 10.2. The standard InChI is InChI=1S/C11H12N2O2.CH4O/c1-8(6-11(13)14)15-10-4-2-9(7-12)3-5-10;1-2/h2-5,8H,6H2,1H3,(H2,13,14);2H,1H3. The first kappa shape index (κ1) is 14.9. The molecule has 1 atom stereocenters. The molecule has 0 radical (unpaired) electrons. The van der Waals surface area contributed by atoms with Gasteiger partial charge in [-0.15, -0.1) is 0 Å². The van der Waals surface area contributed by atoms with Gasteiger partial charge in [0.05, 0.1) is 18.1 Å². The second-order valence-corrected chi connectivity index (χ2v) is 3.24. The molecule has 5 nitrogen and oxygen atoms in total. The van der Waals surface area contributed by atoms with E-state index in [1.807, 2.05) is 6.07 Å². The van der Waals surface area contributed by atoms with Crippen molar-refractivity contribution in [2.24, 2.45) is 5.73 Å². The Balaban J connectivity index is 0.00000121. The molecule has 0 aliphatic heterocycles. The number of nitrogens with two attached hydrogens (primary N) is 1. The first-order valence-corrected chi connectivity index (χ1v) is 5.01. The molecule has 17 heavy (non-hydrogen) atoms. The highest BCUT2D eigenvalue weighted by Crippen LogP contribution is 2.14. The van der Waals surface area contributed by atoms with Crippen LogP contribution in [0.2, 0.25) is 0 Å². The Labute approximate surface area is 100 Å². The van der Waals surface area contributed by atoms with Crippen LogP contribution < -0.4 is 10.5 Å². The zero-order valence-corrected chi connectivity index (χ0v) is 9.88. The van der Waals surface area contributed by atoms with Crippen LogP contribution in [0.25, 0.3) is 0 Å². The van der Waals surface area contributed by atoms with Crippen molar-refractivity contribution in [2.75, 3.05) is 7.11 Å². The van der Waals surface area contributed by atoms with Crippen LogP contribution >= 0.6 is 0 Å². The molecular formula is C12H16N2O3. The van der Waals surface area contributed by atoms with Gasteiger partial charge in [0.1, 0.15) is 11.9 Å². The summed E-state index contributed by atoms with van der Waals surface area (Å²) in [4.78, 5) is 10.6. The summed E-state index contributed by atoms with van der Waals surface area (Å²) in [5.41, 5.74) is 5.60. The second-order valence-electron chi connectivity index (χ2n) is 3.24. The average molecular weight is 236 g/mol. The molecule has 0 saturated heterocycles. The SMILES string of the molecule is CC(CC(N)=O)Oc1ccc(C#N)cc1.CO. The fourth-order valence-electron chi connectivity index (χ4n) is 1.17. The van der Waals surface area contributed by atoms with Gasteiger partial charge in [0, 0.05) is 7.11 Å². The number of amides is 1. The lowest BCUT2D eigenvalue weighted by Gasteiger charge is -2.12. The van der Waals surface area contributed by atoms with Crippen molar-refractivity contribution in [1.29, 1.82) is 5.26 Å². The zero-order valence-electron chi connectivity index (χ0n) is 9.88. The number of ether oxygens (including phenoxy) is 1. The van der Waals surface area contributed by atoms with E-state index in [9.17, 15) is 4.79 Å². The molecule has 0 saturated carbocycles. The summed E-state index contributed by atoms with van der Waals surface area (Å²) in [6.45, 7) is 1.77. The summed E-state index contributed by atoms with van der Waals surface area (Å²) < 4.78 is 5.41. The number of carbonyl (C=O) groups is 1. The number of hydrogen-bond acceptors (Lipinski definition) is 4. The molecule has 5 heteroatoms. The molecular weight excluding hydrogens is 220 g/mol. The van der Waals surface area contributed by atoms with Gasteiger partial charge in [-0.2, -0.15) is 5.26 Å². The lowest BCUT2D eigenvalue weighted by Crippen LogP contribution is -2.22. The van der Waals surface area contributed by atoms with Crippen molar-refractivity contribution in [2.45, 2.75) is 19.4 Å². The van der Waals surface area contributed by atoms with E-state index in [1.165, 1.54) is 0 Å². The number of aliphatic hydroxyl groups is 1. The van der Waals surface area contributed by atoms with Gasteiger partial charge in [0.2, 0.25) is 5.91 Å². The van der Waals surface area contributed by atoms with Gasteiger partial charge in [-0.1, -0.05) is 0 Å². The van der Waals surface area contributed by atoms with Crippen LogP contribution in [0.5, 0.6) is 5.75 Å². The van der Waals surface area contributed by atoms with E-state index in [1.54, 1.807) is 31.2 Å². The number of carbonyl (C=O) groups excluding carboxylic acids is 1. The van der Waals surface area contributed by atoms with Crippen LogP contribution in [0.3, 0.4) is 0 Å². The third-order valence-electron chi connectivity index (χ3n) is 1.81. The number of hydrogen-bond donors (Lipinski definition) is 2. The van der Waals surface area contributed by atoms with Crippen molar-refractivity contribution in [1.82, 2.24) is 0 Å². The van der Waals surface area contributed by atoms with Gasteiger partial charge in [-0.3, -0.25) is 4.79 Å². The Morgan fingerprint density at radius 1 is 1.47 bits per heavy atom. The summed E-state index contributed by atoms with van der Waals surface area (Å²) in [6.07, 6.45) is -0.0737. The van der Waals surface area contributed by atoms with Crippen LogP contribution in [0.1, 0.15) is 18.9 Å². The average Bonchev–Trinajstić information content (AvgIpc) is 2.31. The van der Waals surface area contributed by atoms with Crippen LogP contribution in [0.15, 0.2) is 24.3 Å². The fourth-order valence-corrected chi connectivity index (χ4v) is 1.17. The summed E-state index contributed by atoms with van der Waals surface area (Å²) >= 11 is 0. The fraction of sp³-hybridized carbons (Fsp3) is 0.333. The van der Waals surface area contributed by atoms with E-state index < -0.39 is 5.91 Å². The maximum absolute atomic E-state index is 10.6. The molecule has 1 amide bonds. The second kappa shape index (κ2) is 8.13. The van der Waals surface area contributed by atoms with Crippen molar-refractivity contribution in [3.63, 3.8) is 0 Å². The topological polar surface area (TPSA) is 96.3 Å². The minimum absolute atomic E-state index is 0.181. The van der Waals surface area contributed by atoms with E-state index in [0.29, 0.717) is 11.3 Å². The van der Waals surface area contributed by atoms with E-state index in [0.717, 1.165) is 7.11 Å². The molecule has 0 fully saturated rings. The molecule has 0 aliphatic rings. The molecule has 0 aliphatic carbocycles. The van der Waals surface area contributed by atoms with E-state index in [4.69, 9.17) is 20.8 Å². The number of primary amides is 1. The highest BCUT2D eigenvalue weighted by molar-refractivity contribution is 5.74. The van der Waals surface area contributed by atoms with Crippen LogP contribution in [-0.4, -0.2) is 24.2 Å². The van der Waals surface area contributed by atoms with E-state index in [2.05, 4.69) is 0 Å². The van der Waals surface area contributed by atoms with Gasteiger partial charge in [-0.25, -0.2) is 0 Å². The maximum Gasteiger partial charge on any atom is 0.221 e. The van der Waals surface area contributed by atoms with Gasteiger partial charge >= 0.3 is 0 Å². The minimum atomic E-state index is -0.392. The molecule has 0 aromatic heterocycles. The predicted molar refractivity (Wildman–Crippen MR) is 63.2 cm³/mol. The molecule has 1 aromatic rings. The maximum atomic E-state index is 10.6. The Bertz CT molecular complexity index is 382. The van der Waals surface area contributed by atoms with Gasteiger partial charge in [0.25, 0.3) is 0 Å². The van der Waals surface area contributed by atoms with Crippen molar-refractivity contribution in [3.8, 4) is 11.8 Å². The number of benzene rings is 1. The molecule has 1 aromatic carbocycles. The minimum Gasteiger partial charge on any atom is -0.490 e. The highest BCUT2D eigenvalue weighted by Gasteiger charge is 2.07. The predicted octanol–water partition coefficient (Wildman–Crippen LogP) is 0.809. The third-order valence-corrected chi connectivity index (χ3v) is 1.81. The highest BCUT2D eigenvalue weighted by atomic mass is 16.5. The Morgan fingerprint density at radius 2 is 2.00 bits per heavy atom. The quantitative estimate of drug-likeness (QED) is 0.808. The zero-order chi connectivity index (χ0) is 13.3. The van der Waals surface area contributed by atoms with Crippen molar-refractivity contribution in [3.05, 3.63) is 29.8 Å². The summed E-state index contributed by atoms with van der Waals surface area (Å²) in [6, 6.07) is 8.71. The van der Waals surface area contributed by atoms with Gasteiger partial charge in [-0.05, 0) is 31.2 Å². The van der Waals surface area contributed by atoms with E-state index in [-0.39, 0.29) is 12.5 Å². The molecule has 1 unspecified atom stereocenters. The molecule has 1 rings (SSSR count). The first-order valence-electron chi connectivity index (χ1n) is 5.01. The normalized spacial score (nSPS) is 10.5. The monoisotopic (exact) mass is 236 g/mol. The van der Waals surface area contributed by atoms with Crippen LogP contribution in [0.4, 0.5) is 0 Å². The number of nitrogens with zero attached hydrogens (tertiary/aromatic N) is 1. The summed E-state index contributed by atoms with van der Waals surface area (Å²) in [5.74, 6) is 0.235. The Morgan fingerprint density at radius 3 is 2.41 bits per heavy atom. The number of nitriles is 1. The third kappa shape index (κ3) is 6.17.